The lowest BCUT2D eigenvalue weighted by molar-refractivity contribution is 0.197. The predicted octanol–water partition coefficient (Wildman–Crippen LogP) is 1.17. The normalized spacial score (nSPS) is 11.1. The topological polar surface area (TPSA) is 63.5 Å². The van der Waals surface area contributed by atoms with E-state index in [1.807, 2.05) is 24.1 Å². The Morgan fingerprint density at radius 3 is 2.85 bits per heavy atom. The zero-order chi connectivity index (χ0) is 13.9. The molecule has 0 bridgehead atoms. The maximum absolute atomic E-state index is 5.01. The first kappa shape index (κ1) is 19.2. The van der Waals surface area contributed by atoms with Crippen LogP contribution in [0, 0.1) is 0 Å². The zero-order valence-electron chi connectivity index (χ0n) is 12.6. The van der Waals surface area contributed by atoms with Gasteiger partial charge in [0.1, 0.15) is 0 Å². The smallest absolute Gasteiger partial charge is 0.191 e. The summed E-state index contributed by atoms with van der Waals surface area (Å²) in [4.78, 5) is 4.48. The number of ether oxygens (including phenoxy) is 1. The summed E-state index contributed by atoms with van der Waals surface area (Å²) in [5, 5.41) is 10.7. The molecule has 1 aromatic heterocycles. The van der Waals surface area contributed by atoms with Crippen LogP contribution in [0.4, 0.5) is 0 Å². The molecule has 1 aromatic rings. The quantitative estimate of drug-likeness (QED) is 0.300. The summed E-state index contributed by atoms with van der Waals surface area (Å²) in [6.07, 6.45) is 5.81. The van der Waals surface area contributed by atoms with Crippen LogP contribution < -0.4 is 10.6 Å². The molecule has 0 unspecified atom stereocenters. The molecule has 116 valence electrons. The second-order valence-corrected chi connectivity index (χ2v) is 4.31. The Bertz CT molecular complexity index is 381. The van der Waals surface area contributed by atoms with E-state index in [0.29, 0.717) is 0 Å². The molecule has 0 saturated carbocycles. The van der Waals surface area contributed by atoms with Gasteiger partial charge in [0.15, 0.2) is 5.96 Å². The number of aromatic nitrogens is 2. The van der Waals surface area contributed by atoms with Crippen LogP contribution in [0.2, 0.25) is 0 Å². The van der Waals surface area contributed by atoms with Crippen molar-refractivity contribution in [1.29, 1.82) is 0 Å². The highest BCUT2D eigenvalue weighted by Crippen LogP contribution is 1.95. The number of methoxy groups -OCH3 is 1. The third kappa shape index (κ3) is 8.36. The van der Waals surface area contributed by atoms with Crippen LogP contribution in [-0.4, -0.2) is 49.1 Å². The molecule has 0 aliphatic carbocycles. The number of hydrogen-bond acceptors (Lipinski definition) is 3. The fraction of sp³-hybridized carbons (Fsp3) is 0.692. The molecule has 0 aliphatic rings. The van der Waals surface area contributed by atoms with E-state index in [4.69, 9.17) is 4.74 Å². The largest absolute Gasteiger partial charge is 0.385 e. The van der Waals surface area contributed by atoms with Gasteiger partial charge >= 0.3 is 0 Å². The van der Waals surface area contributed by atoms with E-state index in [9.17, 15) is 0 Å². The summed E-state index contributed by atoms with van der Waals surface area (Å²) in [5.41, 5.74) is 1.23. The minimum atomic E-state index is 0. The Morgan fingerprint density at radius 2 is 2.25 bits per heavy atom. The molecule has 0 atom stereocenters. The van der Waals surface area contributed by atoms with Gasteiger partial charge in [0.25, 0.3) is 0 Å². The number of hydrogen-bond donors (Lipinski definition) is 2. The molecule has 0 aliphatic heterocycles. The molecule has 1 rings (SSSR count). The SMILES string of the molecule is CCNC(=NCCCOC)NCCc1cnn(C)c1.I. The van der Waals surface area contributed by atoms with Crippen LogP contribution in [0.15, 0.2) is 17.4 Å². The average molecular weight is 395 g/mol. The predicted molar refractivity (Wildman–Crippen MR) is 92.8 cm³/mol. The first-order valence-corrected chi connectivity index (χ1v) is 6.75. The highest BCUT2D eigenvalue weighted by molar-refractivity contribution is 14.0. The molecule has 0 saturated heterocycles. The van der Waals surface area contributed by atoms with Crippen LogP contribution in [0.5, 0.6) is 0 Å². The third-order valence-electron chi connectivity index (χ3n) is 2.59. The maximum atomic E-state index is 5.01. The first-order chi connectivity index (χ1) is 9.26. The Morgan fingerprint density at radius 1 is 1.45 bits per heavy atom. The van der Waals surface area contributed by atoms with Crippen LogP contribution in [0.25, 0.3) is 0 Å². The number of aliphatic imine (C=N–C) groups is 1. The lowest BCUT2D eigenvalue weighted by atomic mass is 10.2. The molecule has 20 heavy (non-hydrogen) atoms. The van der Waals surface area contributed by atoms with Crippen LogP contribution >= 0.6 is 24.0 Å². The summed E-state index contributed by atoms with van der Waals surface area (Å²) in [7, 11) is 3.64. The number of nitrogens with zero attached hydrogens (tertiary/aromatic N) is 3. The molecule has 0 spiro atoms. The van der Waals surface area contributed by atoms with E-state index in [1.54, 1.807) is 7.11 Å². The van der Waals surface area contributed by atoms with Crippen molar-refractivity contribution in [3.8, 4) is 0 Å². The number of rotatable bonds is 8. The minimum Gasteiger partial charge on any atom is -0.385 e. The van der Waals surface area contributed by atoms with E-state index in [1.165, 1.54) is 5.56 Å². The first-order valence-electron chi connectivity index (χ1n) is 6.75. The molecular formula is C13H26IN5O. The van der Waals surface area contributed by atoms with Crippen LogP contribution in [0.3, 0.4) is 0 Å². The summed E-state index contributed by atoms with van der Waals surface area (Å²) in [6.45, 7) is 5.30. The molecule has 0 fully saturated rings. The van der Waals surface area contributed by atoms with Crippen molar-refractivity contribution in [2.45, 2.75) is 19.8 Å². The van der Waals surface area contributed by atoms with E-state index in [0.717, 1.165) is 45.0 Å². The van der Waals surface area contributed by atoms with Gasteiger partial charge < -0.3 is 15.4 Å². The average Bonchev–Trinajstić information content (AvgIpc) is 2.80. The van der Waals surface area contributed by atoms with Crippen molar-refractivity contribution in [3.05, 3.63) is 18.0 Å². The van der Waals surface area contributed by atoms with Crippen molar-refractivity contribution in [2.75, 3.05) is 33.4 Å². The van der Waals surface area contributed by atoms with Gasteiger partial charge in [0, 0.05) is 46.6 Å². The molecule has 0 aromatic carbocycles. The molecule has 2 N–H and O–H groups in total. The lowest BCUT2D eigenvalue weighted by Gasteiger charge is -2.10. The lowest BCUT2D eigenvalue weighted by Crippen LogP contribution is -2.38. The Labute approximate surface area is 138 Å². The van der Waals surface area contributed by atoms with Gasteiger partial charge in [-0.1, -0.05) is 0 Å². The van der Waals surface area contributed by atoms with Gasteiger partial charge in [0.2, 0.25) is 0 Å². The second kappa shape index (κ2) is 12.0. The van der Waals surface area contributed by atoms with Gasteiger partial charge in [0.05, 0.1) is 6.20 Å². The molecule has 0 amide bonds. The fourth-order valence-corrected chi connectivity index (χ4v) is 1.67. The fourth-order valence-electron chi connectivity index (χ4n) is 1.67. The van der Waals surface area contributed by atoms with Crippen molar-refractivity contribution >= 4 is 29.9 Å². The van der Waals surface area contributed by atoms with Crippen molar-refractivity contribution in [3.63, 3.8) is 0 Å². The number of guanidine groups is 1. The molecule has 6 nitrogen and oxygen atoms in total. The van der Waals surface area contributed by atoms with Crippen molar-refractivity contribution < 1.29 is 4.74 Å². The minimum absolute atomic E-state index is 0. The van der Waals surface area contributed by atoms with E-state index >= 15 is 0 Å². The van der Waals surface area contributed by atoms with Crippen molar-refractivity contribution in [1.82, 2.24) is 20.4 Å². The number of aryl methyl sites for hydroxylation is 1. The second-order valence-electron chi connectivity index (χ2n) is 4.31. The van der Waals surface area contributed by atoms with Crippen LogP contribution in [-0.2, 0) is 18.2 Å². The van der Waals surface area contributed by atoms with Gasteiger partial charge in [-0.2, -0.15) is 5.10 Å². The summed E-state index contributed by atoms with van der Waals surface area (Å²) >= 11 is 0. The molecule has 1 heterocycles. The van der Waals surface area contributed by atoms with Gasteiger partial charge in [-0.3, -0.25) is 9.67 Å². The van der Waals surface area contributed by atoms with E-state index in [2.05, 4.69) is 27.6 Å². The Balaban J connectivity index is 0.00000361. The molecular weight excluding hydrogens is 369 g/mol. The van der Waals surface area contributed by atoms with Gasteiger partial charge in [-0.05, 0) is 25.3 Å². The summed E-state index contributed by atoms with van der Waals surface area (Å²) in [5.74, 6) is 0.863. The summed E-state index contributed by atoms with van der Waals surface area (Å²) in [6, 6.07) is 0. The summed E-state index contributed by atoms with van der Waals surface area (Å²) < 4.78 is 6.82. The Kier molecular flexibility index (Phi) is 11.5. The maximum Gasteiger partial charge on any atom is 0.191 e. The third-order valence-corrected chi connectivity index (χ3v) is 2.59. The van der Waals surface area contributed by atoms with Gasteiger partial charge in [-0.15, -0.1) is 24.0 Å². The highest BCUT2D eigenvalue weighted by Gasteiger charge is 1.99. The van der Waals surface area contributed by atoms with Gasteiger partial charge in [-0.25, -0.2) is 0 Å². The van der Waals surface area contributed by atoms with Crippen LogP contribution in [0.1, 0.15) is 18.9 Å². The number of halogens is 1. The molecule has 0 radical (unpaired) electrons. The number of nitrogens with one attached hydrogen (secondary N) is 2. The van der Waals surface area contributed by atoms with E-state index in [-0.39, 0.29) is 24.0 Å². The Hall–Kier alpha value is -0.830. The standard InChI is InChI=1S/C13H25N5O.HI/c1-4-14-13(15-7-5-9-19-3)16-8-6-12-10-17-18(2)11-12;/h10-11H,4-9H2,1-3H3,(H2,14,15,16);1H. The van der Waals surface area contributed by atoms with E-state index < -0.39 is 0 Å². The molecule has 7 heteroatoms. The highest BCUT2D eigenvalue weighted by atomic mass is 127. The van der Waals surface area contributed by atoms with Crippen molar-refractivity contribution in [2.24, 2.45) is 12.0 Å². The monoisotopic (exact) mass is 395 g/mol. The zero-order valence-corrected chi connectivity index (χ0v) is 14.9.